The maximum absolute atomic E-state index is 13.3. The fourth-order valence-corrected chi connectivity index (χ4v) is 5.89. The lowest BCUT2D eigenvalue weighted by atomic mass is 9.89. The van der Waals surface area contributed by atoms with Crippen LogP contribution in [0.5, 0.6) is 0 Å². The van der Waals surface area contributed by atoms with E-state index >= 15 is 0 Å². The van der Waals surface area contributed by atoms with Crippen LogP contribution in [-0.4, -0.2) is 50.5 Å². The molecule has 0 saturated carbocycles. The Labute approximate surface area is 192 Å². The van der Waals surface area contributed by atoms with Gasteiger partial charge in [-0.3, -0.25) is 4.18 Å². The van der Waals surface area contributed by atoms with Gasteiger partial charge in [0.25, 0.3) is 10.1 Å². The molecule has 1 aromatic rings. The summed E-state index contributed by atoms with van der Waals surface area (Å²) in [4.78, 5) is 0.219. The Hall–Kier alpha value is -1.03. The van der Waals surface area contributed by atoms with Gasteiger partial charge < -0.3 is 19.3 Å². The van der Waals surface area contributed by atoms with Crippen molar-refractivity contribution in [2.24, 2.45) is 0 Å². The Balaban J connectivity index is 1.79. The highest BCUT2D eigenvalue weighted by molar-refractivity contribution is 7.86. The van der Waals surface area contributed by atoms with Gasteiger partial charge in [0.2, 0.25) is 0 Å². The van der Waals surface area contributed by atoms with Crippen molar-refractivity contribution >= 4 is 10.1 Å². The molecular weight excluding hydrogens is 432 g/mol. The summed E-state index contributed by atoms with van der Waals surface area (Å²) in [5.74, 6) is -0.453. The molecule has 2 aliphatic rings. The van der Waals surface area contributed by atoms with Gasteiger partial charge in [-0.15, -0.1) is 0 Å². The Morgan fingerprint density at radius 1 is 1.03 bits per heavy atom. The van der Waals surface area contributed by atoms with Crippen LogP contribution < -0.4 is 0 Å². The number of rotatable bonds is 8. The number of aliphatic hydroxyl groups is 1. The third kappa shape index (κ3) is 5.37. The van der Waals surface area contributed by atoms with Gasteiger partial charge in [0.15, 0.2) is 12.1 Å². The summed E-state index contributed by atoms with van der Waals surface area (Å²) in [7, 11) is -4.09. The van der Waals surface area contributed by atoms with Gasteiger partial charge in [-0.25, -0.2) is 0 Å². The Kier molecular flexibility index (Phi) is 7.45. The molecule has 0 aliphatic carbocycles. The van der Waals surface area contributed by atoms with E-state index in [9.17, 15) is 13.5 Å². The maximum Gasteiger partial charge on any atom is 0.297 e. The molecule has 32 heavy (non-hydrogen) atoms. The van der Waals surface area contributed by atoms with Crippen LogP contribution in [0.2, 0.25) is 0 Å². The van der Waals surface area contributed by atoms with Crippen molar-refractivity contribution in [2.45, 2.75) is 115 Å². The lowest BCUT2D eigenvalue weighted by Crippen LogP contribution is -2.34. The standard InChI is InChI=1S/C24H38O7S/c1-13(2)16-9-17(14(3)4)22(18(10-16)15(5)6)32(26,27)28-12-19(25)20-11-21-23(29-20)31-24(7,8)30-21/h9-10,13-15,19-21,23,25H,11-12H2,1-8H3/t19-,20+,21-,23-/m1/s1. The van der Waals surface area contributed by atoms with Crippen molar-refractivity contribution in [3.05, 3.63) is 28.8 Å². The molecule has 1 N–H and O–H groups in total. The third-order valence-electron chi connectivity index (χ3n) is 6.06. The summed E-state index contributed by atoms with van der Waals surface area (Å²) in [6, 6.07) is 3.93. The van der Waals surface area contributed by atoms with Crippen LogP contribution in [0.4, 0.5) is 0 Å². The second-order valence-corrected chi connectivity index (χ2v) is 11.8. The zero-order valence-electron chi connectivity index (χ0n) is 20.4. The van der Waals surface area contributed by atoms with Crippen LogP contribution in [0.3, 0.4) is 0 Å². The topological polar surface area (TPSA) is 91.3 Å². The number of fused-ring (bicyclic) bond motifs is 1. The van der Waals surface area contributed by atoms with E-state index < -0.39 is 41.0 Å². The Bertz CT molecular complexity index is 875. The van der Waals surface area contributed by atoms with Crippen molar-refractivity contribution in [2.75, 3.05) is 6.61 Å². The monoisotopic (exact) mass is 470 g/mol. The molecular formula is C24H38O7S. The van der Waals surface area contributed by atoms with Gasteiger partial charge in [0, 0.05) is 6.42 Å². The minimum Gasteiger partial charge on any atom is -0.388 e. The molecule has 0 bridgehead atoms. The highest BCUT2D eigenvalue weighted by Gasteiger charge is 2.50. The molecule has 3 rings (SSSR count). The number of hydrogen-bond donors (Lipinski definition) is 1. The van der Waals surface area contributed by atoms with Gasteiger partial charge in [-0.2, -0.15) is 8.42 Å². The summed E-state index contributed by atoms with van der Waals surface area (Å²) in [6.45, 7) is 15.3. The summed E-state index contributed by atoms with van der Waals surface area (Å²) < 4.78 is 49.3. The van der Waals surface area contributed by atoms with Crippen LogP contribution in [0.25, 0.3) is 0 Å². The van der Waals surface area contributed by atoms with E-state index in [1.165, 1.54) is 0 Å². The first-order valence-electron chi connectivity index (χ1n) is 11.5. The Morgan fingerprint density at radius 2 is 1.59 bits per heavy atom. The fourth-order valence-electron chi connectivity index (χ4n) is 4.29. The predicted molar refractivity (Wildman–Crippen MR) is 121 cm³/mol. The maximum atomic E-state index is 13.3. The van der Waals surface area contributed by atoms with Crippen LogP contribution in [0, 0.1) is 0 Å². The molecule has 2 saturated heterocycles. The van der Waals surface area contributed by atoms with Crippen molar-refractivity contribution in [3.8, 4) is 0 Å². The molecule has 2 fully saturated rings. The molecule has 182 valence electrons. The molecule has 7 nitrogen and oxygen atoms in total. The minimum absolute atomic E-state index is 0.000287. The van der Waals surface area contributed by atoms with Crippen molar-refractivity contribution in [3.63, 3.8) is 0 Å². The summed E-state index contributed by atoms with van der Waals surface area (Å²) in [5, 5.41) is 10.6. The molecule has 0 amide bonds. The van der Waals surface area contributed by atoms with E-state index in [4.69, 9.17) is 18.4 Å². The number of hydrogen-bond acceptors (Lipinski definition) is 7. The van der Waals surface area contributed by atoms with Crippen LogP contribution in [-0.2, 0) is 28.5 Å². The van der Waals surface area contributed by atoms with E-state index in [2.05, 4.69) is 13.8 Å². The third-order valence-corrected chi connectivity index (χ3v) is 7.48. The number of ether oxygens (including phenoxy) is 3. The van der Waals surface area contributed by atoms with E-state index in [1.807, 2.05) is 39.8 Å². The summed E-state index contributed by atoms with van der Waals surface area (Å²) in [5.41, 5.74) is 2.58. The zero-order valence-corrected chi connectivity index (χ0v) is 21.2. The molecule has 0 radical (unpaired) electrons. The first-order valence-corrected chi connectivity index (χ1v) is 12.9. The Morgan fingerprint density at radius 3 is 2.06 bits per heavy atom. The molecule has 2 heterocycles. The smallest absolute Gasteiger partial charge is 0.297 e. The fraction of sp³-hybridized carbons (Fsp3) is 0.750. The van der Waals surface area contributed by atoms with Crippen molar-refractivity contribution in [1.29, 1.82) is 0 Å². The lowest BCUT2D eigenvalue weighted by molar-refractivity contribution is -0.215. The van der Waals surface area contributed by atoms with E-state index in [1.54, 1.807) is 13.8 Å². The first kappa shape index (κ1) is 25.6. The van der Waals surface area contributed by atoms with Crippen LogP contribution in [0.15, 0.2) is 17.0 Å². The lowest BCUT2D eigenvalue weighted by Gasteiger charge is -2.24. The second kappa shape index (κ2) is 9.31. The van der Waals surface area contributed by atoms with Gasteiger partial charge in [-0.05, 0) is 48.3 Å². The van der Waals surface area contributed by atoms with E-state index in [0.29, 0.717) is 6.42 Å². The highest BCUT2D eigenvalue weighted by atomic mass is 32.2. The van der Waals surface area contributed by atoms with Gasteiger partial charge in [0.1, 0.15) is 17.1 Å². The molecule has 0 spiro atoms. The molecule has 0 aromatic heterocycles. The average Bonchev–Trinajstić information content (AvgIpc) is 3.18. The zero-order chi connectivity index (χ0) is 24.0. The van der Waals surface area contributed by atoms with Crippen molar-refractivity contribution in [1.82, 2.24) is 0 Å². The molecule has 1 aromatic carbocycles. The molecule has 0 unspecified atom stereocenters. The van der Waals surface area contributed by atoms with Crippen molar-refractivity contribution < 1.29 is 31.9 Å². The first-order chi connectivity index (χ1) is 14.7. The van der Waals surface area contributed by atoms with Crippen LogP contribution in [0.1, 0.15) is 96.3 Å². The quantitative estimate of drug-likeness (QED) is 0.564. The molecule has 8 heteroatoms. The molecule has 4 atom stereocenters. The van der Waals surface area contributed by atoms with E-state index in [-0.39, 0.29) is 28.8 Å². The highest BCUT2D eigenvalue weighted by Crippen LogP contribution is 2.39. The van der Waals surface area contributed by atoms with Gasteiger partial charge >= 0.3 is 0 Å². The normalized spacial score (nSPS) is 26.3. The SMILES string of the molecule is CC(C)c1cc(C(C)C)c(S(=O)(=O)OC[C@@H](O)[C@@H]2C[C@H]3OC(C)(C)O[C@H]3O2)c(C(C)C)c1. The number of benzene rings is 1. The van der Waals surface area contributed by atoms with Gasteiger partial charge in [0.05, 0.1) is 12.7 Å². The number of aliphatic hydroxyl groups excluding tert-OH is 1. The summed E-state index contributed by atoms with van der Waals surface area (Å²) in [6.07, 6.45) is -2.18. The minimum atomic E-state index is -4.09. The molecule has 2 aliphatic heterocycles. The van der Waals surface area contributed by atoms with E-state index in [0.717, 1.165) is 16.7 Å². The van der Waals surface area contributed by atoms with Crippen LogP contribution >= 0.6 is 0 Å². The predicted octanol–water partition coefficient (Wildman–Crippen LogP) is 4.39. The average molecular weight is 471 g/mol. The largest absolute Gasteiger partial charge is 0.388 e. The summed E-state index contributed by atoms with van der Waals surface area (Å²) >= 11 is 0. The van der Waals surface area contributed by atoms with Gasteiger partial charge in [-0.1, -0.05) is 53.7 Å². The second-order valence-electron chi connectivity index (χ2n) is 10.3.